The Morgan fingerprint density at radius 3 is 2.65 bits per heavy atom. The van der Waals surface area contributed by atoms with E-state index in [2.05, 4.69) is 55.8 Å². The molecule has 3 rings (SSSR count). The number of hydrogen-bond acceptors (Lipinski definition) is 3. The Hall–Kier alpha value is -1.11. The van der Waals surface area contributed by atoms with Gasteiger partial charge in [-0.25, -0.2) is 0 Å². The van der Waals surface area contributed by atoms with Gasteiger partial charge in [-0.15, -0.1) is 0 Å². The highest BCUT2D eigenvalue weighted by Crippen LogP contribution is 2.43. The Balaban J connectivity index is 1.58. The van der Waals surface area contributed by atoms with Gasteiger partial charge in [0.15, 0.2) is 5.96 Å². The number of rotatable bonds is 7. The molecule has 1 atom stereocenters. The molecule has 1 unspecified atom stereocenters. The summed E-state index contributed by atoms with van der Waals surface area (Å²) in [6.45, 7) is 3.34. The topological polar surface area (TPSA) is 65.9 Å². The van der Waals surface area contributed by atoms with Crippen LogP contribution < -0.4 is 10.6 Å². The lowest BCUT2D eigenvalue weighted by Gasteiger charge is -2.43. The highest BCUT2D eigenvalue weighted by atomic mass is 79.9. The van der Waals surface area contributed by atoms with Crippen LogP contribution in [-0.2, 0) is 10.2 Å². The molecule has 3 N–H and O–H groups in total. The molecule has 144 valence electrons. The summed E-state index contributed by atoms with van der Waals surface area (Å²) in [7, 11) is 1.81. The number of guanidine groups is 1. The van der Waals surface area contributed by atoms with E-state index in [1.807, 2.05) is 7.05 Å². The minimum Gasteiger partial charge on any atom is -0.396 e. The molecule has 26 heavy (non-hydrogen) atoms. The van der Waals surface area contributed by atoms with Crippen molar-refractivity contribution >= 4 is 21.9 Å². The number of aliphatic hydroxyl groups is 1. The minimum atomic E-state index is 0.0187. The predicted molar refractivity (Wildman–Crippen MR) is 109 cm³/mol. The van der Waals surface area contributed by atoms with E-state index < -0.39 is 0 Å². The van der Waals surface area contributed by atoms with Crippen LogP contribution >= 0.6 is 15.9 Å². The summed E-state index contributed by atoms with van der Waals surface area (Å²) < 4.78 is 6.71. The zero-order valence-electron chi connectivity index (χ0n) is 15.6. The molecule has 0 aromatic heterocycles. The third kappa shape index (κ3) is 4.41. The molecule has 0 radical (unpaired) electrons. The van der Waals surface area contributed by atoms with Gasteiger partial charge in [0, 0.05) is 48.7 Å². The van der Waals surface area contributed by atoms with E-state index in [9.17, 15) is 5.11 Å². The average molecular weight is 424 g/mol. The monoisotopic (exact) mass is 423 g/mol. The lowest BCUT2D eigenvalue weighted by molar-refractivity contribution is 0.127. The molecule has 1 saturated heterocycles. The zero-order valence-corrected chi connectivity index (χ0v) is 17.1. The first-order valence-corrected chi connectivity index (χ1v) is 10.3. The first kappa shape index (κ1) is 19.6. The summed E-state index contributed by atoms with van der Waals surface area (Å²) in [5, 5.41) is 16.4. The van der Waals surface area contributed by atoms with Gasteiger partial charge < -0.3 is 20.5 Å². The lowest BCUT2D eigenvalue weighted by Crippen LogP contribution is -2.50. The molecular formula is C20H30BrN3O2. The summed E-state index contributed by atoms with van der Waals surface area (Å²) >= 11 is 3.60. The maximum absolute atomic E-state index is 9.38. The summed E-state index contributed by atoms with van der Waals surface area (Å²) in [6.07, 6.45) is 5.43. The van der Waals surface area contributed by atoms with E-state index >= 15 is 0 Å². The molecule has 1 aromatic rings. The maximum Gasteiger partial charge on any atom is 0.191 e. The van der Waals surface area contributed by atoms with Crippen molar-refractivity contribution in [3.63, 3.8) is 0 Å². The molecule has 1 heterocycles. The van der Waals surface area contributed by atoms with Crippen molar-refractivity contribution < 1.29 is 9.84 Å². The number of nitrogens with zero attached hydrogens (tertiary/aromatic N) is 1. The summed E-state index contributed by atoms with van der Waals surface area (Å²) in [5.74, 6) is 0.829. The molecule has 5 nitrogen and oxygen atoms in total. The van der Waals surface area contributed by atoms with E-state index in [1.54, 1.807) is 0 Å². The normalized spacial score (nSPS) is 25.0. The van der Waals surface area contributed by atoms with E-state index in [4.69, 9.17) is 4.74 Å². The molecule has 0 amide bonds. The van der Waals surface area contributed by atoms with Gasteiger partial charge in [0.1, 0.15) is 0 Å². The quantitative estimate of drug-likeness (QED) is 0.465. The van der Waals surface area contributed by atoms with Crippen molar-refractivity contribution in [1.82, 2.24) is 10.6 Å². The Bertz CT molecular complexity index is 625. The van der Waals surface area contributed by atoms with Crippen LogP contribution in [0.2, 0.25) is 0 Å². The number of ether oxygens (including phenoxy) is 1. The van der Waals surface area contributed by atoms with Crippen LogP contribution in [-0.4, -0.2) is 51.0 Å². The number of benzene rings is 1. The van der Waals surface area contributed by atoms with Crippen molar-refractivity contribution in [3.05, 3.63) is 34.3 Å². The summed E-state index contributed by atoms with van der Waals surface area (Å²) in [6, 6.07) is 8.66. The van der Waals surface area contributed by atoms with Crippen molar-refractivity contribution in [1.29, 1.82) is 0 Å². The molecule has 1 aliphatic heterocycles. The smallest absolute Gasteiger partial charge is 0.191 e. The lowest BCUT2D eigenvalue weighted by atomic mass is 9.64. The molecular weight excluding hydrogens is 394 g/mol. The van der Waals surface area contributed by atoms with E-state index in [-0.39, 0.29) is 17.4 Å². The second-order valence-electron chi connectivity index (χ2n) is 7.70. The summed E-state index contributed by atoms with van der Waals surface area (Å²) in [5.41, 5.74) is 1.60. The second kappa shape index (κ2) is 8.72. The molecule has 1 aromatic carbocycles. The zero-order chi connectivity index (χ0) is 18.5. The third-order valence-corrected chi connectivity index (χ3v) is 6.52. The average Bonchev–Trinajstić information content (AvgIpc) is 3.06. The van der Waals surface area contributed by atoms with Crippen molar-refractivity contribution in [2.24, 2.45) is 10.4 Å². The predicted octanol–water partition coefficient (Wildman–Crippen LogP) is 2.82. The fourth-order valence-electron chi connectivity index (χ4n) is 4.05. The number of aliphatic imine (C=N–C) groups is 1. The SMILES string of the molecule is CN=C(NCC1(CCO)CCOC1)NCC1(c2cccc(Br)c2)CCC1. The van der Waals surface area contributed by atoms with Crippen LogP contribution in [0.15, 0.2) is 33.7 Å². The minimum absolute atomic E-state index is 0.0187. The molecule has 2 aliphatic rings. The maximum atomic E-state index is 9.38. The van der Waals surface area contributed by atoms with Gasteiger partial charge in [0.05, 0.1) is 6.61 Å². The molecule has 1 aliphatic carbocycles. The van der Waals surface area contributed by atoms with Gasteiger partial charge >= 0.3 is 0 Å². The number of hydrogen-bond donors (Lipinski definition) is 3. The van der Waals surface area contributed by atoms with Gasteiger partial charge in [0.25, 0.3) is 0 Å². The van der Waals surface area contributed by atoms with Gasteiger partial charge in [-0.1, -0.05) is 34.5 Å². The molecule has 0 bridgehead atoms. The molecule has 2 fully saturated rings. The first-order chi connectivity index (χ1) is 12.6. The van der Waals surface area contributed by atoms with Crippen LogP contribution in [0.3, 0.4) is 0 Å². The van der Waals surface area contributed by atoms with Crippen molar-refractivity contribution in [2.45, 2.75) is 37.5 Å². The largest absolute Gasteiger partial charge is 0.396 e. The number of halogens is 1. The van der Waals surface area contributed by atoms with Crippen LogP contribution in [0.5, 0.6) is 0 Å². The van der Waals surface area contributed by atoms with Gasteiger partial charge in [-0.05, 0) is 43.4 Å². The Labute approximate surface area is 164 Å². The van der Waals surface area contributed by atoms with Crippen LogP contribution in [0.4, 0.5) is 0 Å². The Morgan fingerprint density at radius 2 is 2.08 bits per heavy atom. The van der Waals surface area contributed by atoms with E-state index in [0.29, 0.717) is 6.61 Å². The second-order valence-corrected chi connectivity index (χ2v) is 8.62. The van der Waals surface area contributed by atoms with Crippen LogP contribution in [0, 0.1) is 5.41 Å². The first-order valence-electron chi connectivity index (χ1n) is 9.51. The summed E-state index contributed by atoms with van der Waals surface area (Å²) in [4.78, 5) is 4.39. The Morgan fingerprint density at radius 1 is 1.27 bits per heavy atom. The van der Waals surface area contributed by atoms with Crippen LogP contribution in [0.25, 0.3) is 0 Å². The number of aliphatic hydroxyl groups excluding tert-OH is 1. The fourth-order valence-corrected chi connectivity index (χ4v) is 4.45. The standard InChI is InChI=1S/C20H30BrN3O2/c1-22-18(23-13-19(8-10-25)9-11-26-15-19)24-14-20(6-3-7-20)16-4-2-5-17(21)12-16/h2,4-5,12,25H,3,6-11,13-15H2,1H3,(H2,22,23,24). The van der Waals surface area contributed by atoms with E-state index in [1.165, 1.54) is 24.8 Å². The third-order valence-electron chi connectivity index (χ3n) is 6.02. The Kier molecular flexibility index (Phi) is 6.59. The van der Waals surface area contributed by atoms with E-state index in [0.717, 1.165) is 43.0 Å². The van der Waals surface area contributed by atoms with Crippen molar-refractivity contribution in [3.8, 4) is 0 Å². The highest BCUT2D eigenvalue weighted by Gasteiger charge is 2.39. The van der Waals surface area contributed by atoms with Crippen molar-refractivity contribution in [2.75, 3.05) is 40.0 Å². The molecule has 0 spiro atoms. The highest BCUT2D eigenvalue weighted by molar-refractivity contribution is 9.10. The van der Waals surface area contributed by atoms with Gasteiger partial charge in [0.2, 0.25) is 0 Å². The fraction of sp³-hybridized carbons (Fsp3) is 0.650. The van der Waals surface area contributed by atoms with Crippen LogP contribution in [0.1, 0.15) is 37.7 Å². The molecule has 1 saturated carbocycles. The van der Waals surface area contributed by atoms with Gasteiger partial charge in [-0.2, -0.15) is 0 Å². The molecule has 6 heteroatoms. The number of nitrogens with one attached hydrogen (secondary N) is 2. The van der Waals surface area contributed by atoms with Gasteiger partial charge in [-0.3, -0.25) is 4.99 Å².